The van der Waals surface area contributed by atoms with Crippen LogP contribution in [0.4, 0.5) is 0 Å². The Morgan fingerprint density at radius 3 is 1.34 bits per heavy atom. The van der Waals surface area contributed by atoms with Gasteiger partial charge in [-0.1, -0.05) is 114 Å². The highest BCUT2D eigenvalue weighted by molar-refractivity contribution is 7.73. The van der Waals surface area contributed by atoms with E-state index >= 15 is 0 Å². The highest BCUT2D eigenvalue weighted by Crippen LogP contribution is 2.37. The fourth-order valence-corrected chi connectivity index (χ4v) is 5.57. The van der Waals surface area contributed by atoms with Gasteiger partial charge in [-0.3, -0.25) is 4.57 Å². The Labute approximate surface area is 214 Å². The van der Waals surface area contributed by atoms with E-state index in [9.17, 15) is 14.0 Å². The van der Waals surface area contributed by atoms with Gasteiger partial charge in [0, 0.05) is 15.2 Å². The number of rotatable bonds is 18. The van der Waals surface area contributed by atoms with Crippen molar-refractivity contribution in [3.63, 3.8) is 0 Å². The van der Waals surface area contributed by atoms with E-state index in [1.807, 2.05) is 12.1 Å². The first-order valence-electron chi connectivity index (χ1n) is 13.2. The molecule has 0 radical (unpaired) electrons. The minimum Gasteiger partial charge on any atom is -0.338 e. The lowest BCUT2D eigenvalue weighted by atomic mass is 10.1. The van der Waals surface area contributed by atoms with Crippen LogP contribution in [0.25, 0.3) is 0 Å². The van der Waals surface area contributed by atoms with Crippen molar-refractivity contribution in [1.29, 1.82) is 0 Å². The Morgan fingerprint density at radius 2 is 0.971 bits per heavy atom. The molecule has 35 heavy (non-hydrogen) atoms. The molecule has 0 amide bonds. The van der Waals surface area contributed by atoms with E-state index in [2.05, 4.69) is 13.8 Å². The average Bonchev–Trinajstić information content (AvgIpc) is 2.89. The summed E-state index contributed by atoms with van der Waals surface area (Å²) in [7, 11) is -5.28. The normalized spacial score (nSPS) is 11.1. The summed E-state index contributed by atoms with van der Waals surface area (Å²) >= 11 is 0. The van der Waals surface area contributed by atoms with Crippen molar-refractivity contribution in [3.8, 4) is 0 Å². The first-order chi connectivity index (χ1) is 17.0. The number of hydrogen-bond donors (Lipinski definition) is 1. The van der Waals surface area contributed by atoms with E-state index in [-0.39, 0.29) is 0 Å². The SMILES string of the molecule is CCCCCCCCO[P+](=O)OCCCCCCCC.O=P(O)(c1ccccc1)c1ccccc1. The molecule has 5 nitrogen and oxygen atoms in total. The molecule has 2 aromatic rings. The summed E-state index contributed by atoms with van der Waals surface area (Å²) in [4.78, 5) is 10.0. The number of benzene rings is 2. The summed E-state index contributed by atoms with van der Waals surface area (Å²) in [5, 5.41) is 0.937. The van der Waals surface area contributed by atoms with Crippen LogP contribution in [0.15, 0.2) is 60.7 Å². The van der Waals surface area contributed by atoms with Crippen molar-refractivity contribution in [3.05, 3.63) is 60.7 Å². The third kappa shape index (κ3) is 15.4. The molecule has 7 heteroatoms. The molecule has 0 aromatic heterocycles. The fourth-order valence-electron chi connectivity index (χ4n) is 3.49. The van der Waals surface area contributed by atoms with Gasteiger partial charge in [-0.05, 0) is 37.1 Å². The molecule has 0 saturated carbocycles. The molecular weight excluding hydrogens is 478 g/mol. The second-order valence-electron chi connectivity index (χ2n) is 8.67. The molecule has 196 valence electrons. The Morgan fingerprint density at radius 1 is 0.629 bits per heavy atom. The molecule has 0 heterocycles. The van der Waals surface area contributed by atoms with Crippen LogP contribution in [0.1, 0.15) is 90.9 Å². The van der Waals surface area contributed by atoms with Crippen molar-refractivity contribution in [2.75, 3.05) is 13.2 Å². The van der Waals surface area contributed by atoms with Gasteiger partial charge >= 0.3 is 8.25 Å². The van der Waals surface area contributed by atoms with Gasteiger partial charge in [0.2, 0.25) is 0 Å². The molecule has 0 atom stereocenters. The second-order valence-corrected chi connectivity index (χ2v) is 11.8. The number of hydrogen-bond acceptors (Lipinski definition) is 4. The molecule has 0 unspecified atom stereocenters. The highest BCUT2D eigenvalue weighted by Gasteiger charge is 2.23. The predicted molar refractivity (Wildman–Crippen MR) is 148 cm³/mol. The maximum absolute atomic E-state index is 12.2. The van der Waals surface area contributed by atoms with Gasteiger partial charge < -0.3 is 4.89 Å². The Balaban J connectivity index is 0.000000362. The van der Waals surface area contributed by atoms with E-state index < -0.39 is 15.6 Å². The molecule has 1 N–H and O–H groups in total. The van der Waals surface area contributed by atoms with Gasteiger partial charge in [-0.2, -0.15) is 0 Å². The van der Waals surface area contributed by atoms with Crippen molar-refractivity contribution in [1.82, 2.24) is 0 Å². The molecule has 0 fully saturated rings. The lowest BCUT2D eigenvalue weighted by Gasteiger charge is -2.11. The van der Waals surface area contributed by atoms with Crippen LogP contribution in [0.5, 0.6) is 0 Å². The highest BCUT2D eigenvalue weighted by atomic mass is 31.2. The van der Waals surface area contributed by atoms with Gasteiger partial charge in [0.1, 0.15) is 13.2 Å². The molecule has 0 bridgehead atoms. The maximum Gasteiger partial charge on any atom is 0.697 e. The molecule has 2 rings (SSSR count). The monoisotopic (exact) mass is 523 g/mol. The number of unbranched alkanes of at least 4 members (excludes halogenated alkanes) is 10. The summed E-state index contributed by atoms with van der Waals surface area (Å²) in [5.74, 6) is 0. The summed E-state index contributed by atoms with van der Waals surface area (Å²) in [6, 6.07) is 17.4. The van der Waals surface area contributed by atoms with E-state index in [1.165, 1.54) is 64.2 Å². The summed E-state index contributed by atoms with van der Waals surface area (Å²) in [5.41, 5.74) is 0. The molecule has 0 spiro atoms. The van der Waals surface area contributed by atoms with Crippen molar-refractivity contribution in [2.45, 2.75) is 90.9 Å². The summed E-state index contributed by atoms with van der Waals surface area (Å²) < 4.78 is 34.0. The molecule has 0 aliphatic rings. The van der Waals surface area contributed by atoms with Gasteiger partial charge in [0.25, 0.3) is 7.37 Å². The zero-order valence-electron chi connectivity index (χ0n) is 21.6. The third-order valence-electron chi connectivity index (χ3n) is 5.60. The molecule has 0 saturated heterocycles. The average molecular weight is 524 g/mol. The summed E-state index contributed by atoms with van der Waals surface area (Å²) in [6.07, 6.45) is 14.6. The van der Waals surface area contributed by atoms with Crippen LogP contribution < -0.4 is 10.6 Å². The van der Waals surface area contributed by atoms with Crippen molar-refractivity contribution in [2.24, 2.45) is 0 Å². The van der Waals surface area contributed by atoms with Gasteiger partial charge in [0.05, 0.1) is 0 Å². The van der Waals surface area contributed by atoms with Crippen molar-refractivity contribution >= 4 is 26.2 Å². The predicted octanol–water partition coefficient (Wildman–Crippen LogP) is 8.31. The Bertz CT molecular complexity index is 751. The lowest BCUT2D eigenvalue weighted by molar-refractivity contribution is 0.218. The smallest absolute Gasteiger partial charge is 0.338 e. The lowest BCUT2D eigenvalue weighted by Crippen LogP contribution is -2.14. The van der Waals surface area contributed by atoms with Crippen molar-refractivity contribution < 1.29 is 23.1 Å². The molecule has 2 aromatic carbocycles. The first-order valence-corrected chi connectivity index (χ1v) is 15.9. The summed E-state index contributed by atoms with van der Waals surface area (Å²) in [6.45, 7) is 5.57. The molecule has 0 aliphatic heterocycles. The quantitative estimate of drug-likeness (QED) is 0.157. The van der Waals surface area contributed by atoms with Crippen LogP contribution in [0.3, 0.4) is 0 Å². The Hall–Kier alpha value is -1.35. The van der Waals surface area contributed by atoms with E-state index in [1.54, 1.807) is 48.5 Å². The molecular formula is C28H45O5P2+. The van der Waals surface area contributed by atoms with Crippen LogP contribution >= 0.6 is 15.6 Å². The minimum absolute atomic E-state index is 0.469. The van der Waals surface area contributed by atoms with Crippen LogP contribution in [0.2, 0.25) is 0 Å². The zero-order chi connectivity index (χ0) is 25.6. The molecule has 0 aliphatic carbocycles. The van der Waals surface area contributed by atoms with Gasteiger partial charge in [-0.25, -0.2) is 0 Å². The second kappa shape index (κ2) is 20.8. The van der Waals surface area contributed by atoms with E-state index in [4.69, 9.17) is 9.05 Å². The fraction of sp³-hybridized carbons (Fsp3) is 0.571. The zero-order valence-corrected chi connectivity index (χ0v) is 23.4. The third-order valence-corrected chi connectivity index (χ3v) is 8.38. The standard InChI is InChI=1S/C16H34O3P.C12H11O2P/c1-3-5-7-9-11-13-15-18-20(17)19-16-14-12-10-8-6-4-2;13-15(14,11-7-3-1-4-8-11)12-9-5-2-6-10-12/h3-16H2,1-2H3;1-10H,(H,13,14)/q+1;. The van der Waals surface area contributed by atoms with Crippen LogP contribution in [0, 0.1) is 0 Å². The van der Waals surface area contributed by atoms with E-state index in [0.717, 1.165) is 12.8 Å². The van der Waals surface area contributed by atoms with Crippen LogP contribution in [-0.2, 0) is 18.2 Å². The van der Waals surface area contributed by atoms with Gasteiger partial charge in [0.15, 0.2) is 0 Å². The van der Waals surface area contributed by atoms with Crippen LogP contribution in [-0.4, -0.2) is 18.1 Å². The van der Waals surface area contributed by atoms with Gasteiger partial charge in [-0.15, -0.1) is 9.05 Å². The first kappa shape index (κ1) is 31.7. The minimum atomic E-state index is -3.40. The Kier molecular flexibility index (Phi) is 18.8. The van der Waals surface area contributed by atoms with E-state index in [0.29, 0.717) is 23.8 Å². The topological polar surface area (TPSA) is 72.8 Å². The maximum atomic E-state index is 12.2. The largest absolute Gasteiger partial charge is 0.697 e.